The summed E-state index contributed by atoms with van der Waals surface area (Å²) < 4.78 is 6.06. The lowest BCUT2D eigenvalue weighted by Gasteiger charge is -2.34. The lowest BCUT2D eigenvalue weighted by molar-refractivity contribution is 0.129. The van der Waals surface area contributed by atoms with Crippen LogP contribution in [0.3, 0.4) is 0 Å². The van der Waals surface area contributed by atoms with Crippen molar-refractivity contribution >= 4 is 5.96 Å². The normalized spacial score (nSPS) is 20.0. The first-order valence-corrected chi connectivity index (χ1v) is 8.60. The third-order valence-electron chi connectivity index (χ3n) is 4.32. The van der Waals surface area contributed by atoms with Gasteiger partial charge in [-0.05, 0) is 37.8 Å². The maximum Gasteiger partial charge on any atom is 0.193 e. The van der Waals surface area contributed by atoms with E-state index in [9.17, 15) is 0 Å². The molecule has 2 fully saturated rings. The Hall–Kier alpha value is -1.71. The van der Waals surface area contributed by atoms with Crippen molar-refractivity contribution in [2.75, 3.05) is 26.2 Å². The van der Waals surface area contributed by atoms with E-state index in [2.05, 4.69) is 17.1 Å². The first-order valence-electron chi connectivity index (χ1n) is 8.60. The van der Waals surface area contributed by atoms with Crippen molar-refractivity contribution < 1.29 is 4.74 Å². The maximum atomic E-state index is 6.06. The van der Waals surface area contributed by atoms with Gasteiger partial charge in [-0.2, -0.15) is 0 Å². The highest BCUT2D eigenvalue weighted by molar-refractivity contribution is 5.80. The molecule has 1 saturated heterocycles. The van der Waals surface area contributed by atoms with Gasteiger partial charge in [0.2, 0.25) is 0 Å². The van der Waals surface area contributed by atoms with Crippen LogP contribution < -0.4 is 10.1 Å². The first kappa shape index (κ1) is 15.2. The number of hydrogen-bond donors (Lipinski definition) is 1. The van der Waals surface area contributed by atoms with Gasteiger partial charge in [-0.25, -0.2) is 0 Å². The molecule has 0 amide bonds. The second-order valence-electron chi connectivity index (χ2n) is 6.26. The molecule has 120 valence electrons. The van der Waals surface area contributed by atoms with Gasteiger partial charge >= 0.3 is 0 Å². The molecule has 1 N–H and O–H groups in total. The average molecular weight is 301 g/mol. The van der Waals surface area contributed by atoms with Crippen LogP contribution in [0, 0.1) is 5.92 Å². The second kappa shape index (κ2) is 7.52. The third kappa shape index (κ3) is 4.39. The zero-order valence-corrected chi connectivity index (χ0v) is 13.5. The molecular formula is C18H27N3O. The molecule has 0 atom stereocenters. The standard InChI is InChI=1S/C18H27N3O/c1-2-19-18(20-14-15-8-9-15)21-12-10-17(11-13-21)22-16-6-4-3-5-7-16/h3-7,15,17H,2,8-14H2,1H3,(H,19,20). The van der Waals surface area contributed by atoms with Crippen LogP contribution >= 0.6 is 0 Å². The molecule has 4 nitrogen and oxygen atoms in total. The fourth-order valence-electron chi connectivity index (χ4n) is 2.82. The summed E-state index contributed by atoms with van der Waals surface area (Å²) in [6, 6.07) is 10.1. The fraction of sp³-hybridized carbons (Fsp3) is 0.611. The molecule has 3 rings (SSSR count). The predicted octanol–water partition coefficient (Wildman–Crippen LogP) is 2.91. The summed E-state index contributed by atoms with van der Waals surface area (Å²) in [6.07, 6.45) is 5.15. The largest absolute Gasteiger partial charge is 0.490 e. The lowest BCUT2D eigenvalue weighted by atomic mass is 10.1. The molecule has 0 radical (unpaired) electrons. The van der Waals surface area contributed by atoms with Gasteiger partial charge in [-0.1, -0.05) is 18.2 Å². The Labute approximate surface area is 133 Å². The number of rotatable bonds is 5. The summed E-state index contributed by atoms with van der Waals surface area (Å²) in [5.41, 5.74) is 0. The Kier molecular flexibility index (Phi) is 5.20. The van der Waals surface area contributed by atoms with E-state index in [1.54, 1.807) is 0 Å². The van der Waals surface area contributed by atoms with Crippen LogP contribution in [0.25, 0.3) is 0 Å². The molecule has 2 aliphatic rings. The smallest absolute Gasteiger partial charge is 0.193 e. The van der Waals surface area contributed by atoms with Gasteiger partial charge in [0, 0.05) is 39.0 Å². The minimum Gasteiger partial charge on any atom is -0.490 e. The minimum atomic E-state index is 0.324. The van der Waals surface area contributed by atoms with Gasteiger partial charge in [0.15, 0.2) is 5.96 Å². The van der Waals surface area contributed by atoms with Crippen LogP contribution in [0.15, 0.2) is 35.3 Å². The summed E-state index contributed by atoms with van der Waals surface area (Å²) in [6.45, 7) is 6.10. The van der Waals surface area contributed by atoms with E-state index in [-0.39, 0.29) is 0 Å². The molecule has 22 heavy (non-hydrogen) atoms. The van der Waals surface area contributed by atoms with E-state index >= 15 is 0 Å². The van der Waals surface area contributed by atoms with Crippen molar-refractivity contribution in [1.82, 2.24) is 10.2 Å². The molecule has 4 heteroatoms. The Morgan fingerprint density at radius 2 is 1.91 bits per heavy atom. The number of benzene rings is 1. The summed E-state index contributed by atoms with van der Waals surface area (Å²) in [4.78, 5) is 7.18. The number of ether oxygens (including phenoxy) is 1. The lowest BCUT2D eigenvalue weighted by Crippen LogP contribution is -2.47. The number of nitrogens with one attached hydrogen (secondary N) is 1. The van der Waals surface area contributed by atoms with Gasteiger partial charge in [0.25, 0.3) is 0 Å². The Morgan fingerprint density at radius 3 is 2.55 bits per heavy atom. The van der Waals surface area contributed by atoms with Crippen LogP contribution in [0.2, 0.25) is 0 Å². The Morgan fingerprint density at radius 1 is 1.18 bits per heavy atom. The van der Waals surface area contributed by atoms with E-state index in [0.29, 0.717) is 6.10 Å². The number of para-hydroxylation sites is 1. The first-order chi connectivity index (χ1) is 10.8. The quantitative estimate of drug-likeness (QED) is 0.671. The molecular weight excluding hydrogens is 274 g/mol. The van der Waals surface area contributed by atoms with E-state index in [4.69, 9.17) is 9.73 Å². The van der Waals surface area contributed by atoms with Gasteiger partial charge < -0.3 is 15.0 Å². The fourth-order valence-corrected chi connectivity index (χ4v) is 2.82. The Balaban J connectivity index is 1.49. The topological polar surface area (TPSA) is 36.9 Å². The van der Waals surface area contributed by atoms with E-state index in [1.165, 1.54) is 12.8 Å². The molecule has 1 aromatic rings. The van der Waals surface area contributed by atoms with E-state index in [1.807, 2.05) is 30.3 Å². The highest BCUT2D eigenvalue weighted by Gasteiger charge is 2.24. The predicted molar refractivity (Wildman–Crippen MR) is 90.4 cm³/mol. The van der Waals surface area contributed by atoms with Gasteiger partial charge in [-0.3, -0.25) is 4.99 Å². The number of hydrogen-bond acceptors (Lipinski definition) is 2. The number of piperidine rings is 1. The third-order valence-corrected chi connectivity index (χ3v) is 4.32. The molecule has 1 heterocycles. The molecule has 1 aliphatic carbocycles. The highest BCUT2D eigenvalue weighted by atomic mass is 16.5. The van der Waals surface area contributed by atoms with Crippen LogP contribution in [0.4, 0.5) is 0 Å². The van der Waals surface area contributed by atoms with Crippen LogP contribution in [-0.4, -0.2) is 43.1 Å². The number of likely N-dealkylation sites (tertiary alicyclic amines) is 1. The molecule has 1 aromatic carbocycles. The van der Waals surface area contributed by atoms with Crippen molar-refractivity contribution in [2.24, 2.45) is 10.9 Å². The van der Waals surface area contributed by atoms with Crippen molar-refractivity contribution in [3.63, 3.8) is 0 Å². The summed E-state index contributed by atoms with van der Waals surface area (Å²) in [5.74, 6) is 2.91. The van der Waals surface area contributed by atoms with Crippen molar-refractivity contribution in [3.05, 3.63) is 30.3 Å². The number of guanidine groups is 1. The summed E-state index contributed by atoms with van der Waals surface area (Å²) >= 11 is 0. The number of nitrogens with zero attached hydrogens (tertiary/aromatic N) is 2. The van der Waals surface area contributed by atoms with Crippen LogP contribution in [-0.2, 0) is 0 Å². The van der Waals surface area contributed by atoms with Crippen molar-refractivity contribution in [1.29, 1.82) is 0 Å². The molecule has 1 aliphatic heterocycles. The zero-order valence-electron chi connectivity index (χ0n) is 13.5. The molecule has 0 spiro atoms. The van der Waals surface area contributed by atoms with E-state index in [0.717, 1.165) is 56.6 Å². The van der Waals surface area contributed by atoms with Crippen LogP contribution in [0.1, 0.15) is 32.6 Å². The van der Waals surface area contributed by atoms with Gasteiger partial charge in [-0.15, -0.1) is 0 Å². The SMILES string of the molecule is CCNC(=NCC1CC1)N1CCC(Oc2ccccc2)CC1. The maximum absolute atomic E-state index is 6.06. The molecule has 0 aromatic heterocycles. The zero-order chi connectivity index (χ0) is 15.2. The van der Waals surface area contributed by atoms with Crippen LogP contribution in [0.5, 0.6) is 5.75 Å². The Bertz CT molecular complexity index is 476. The van der Waals surface area contributed by atoms with Gasteiger partial charge in [0.05, 0.1) is 0 Å². The average Bonchev–Trinajstić information content (AvgIpc) is 3.38. The van der Waals surface area contributed by atoms with Gasteiger partial charge in [0.1, 0.15) is 11.9 Å². The summed E-state index contributed by atoms with van der Waals surface area (Å²) in [5, 5.41) is 3.44. The van der Waals surface area contributed by atoms with E-state index < -0.39 is 0 Å². The second-order valence-corrected chi connectivity index (χ2v) is 6.26. The molecule has 0 bridgehead atoms. The number of aliphatic imine (C=N–C) groups is 1. The summed E-state index contributed by atoms with van der Waals surface area (Å²) in [7, 11) is 0. The van der Waals surface area contributed by atoms with Crippen molar-refractivity contribution in [3.8, 4) is 5.75 Å². The minimum absolute atomic E-state index is 0.324. The monoisotopic (exact) mass is 301 g/mol. The van der Waals surface area contributed by atoms with Crippen molar-refractivity contribution in [2.45, 2.75) is 38.7 Å². The highest BCUT2D eigenvalue weighted by Crippen LogP contribution is 2.29. The molecule has 0 unspecified atom stereocenters. The molecule has 1 saturated carbocycles.